The highest BCUT2D eigenvalue weighted by Crippen LogP contribution is 2.32. The van der Waals surface area contributed by atoms with Gasteiger partial charge in [0, 0.05) is 13.1 Å². The number of ether oxygens (including phenoxy) is 1. The van der Waals surface area contributed by atoms with E-state index in [0.717, 1.165) is 50.9 Å². The minimum atomic E-state index is 0.763. The molecule has 2 rings (SSSR count). The van der Waals surface area contributed by atoms with Crippen molar-refractivity contribution in [1.29, 1.82) is 0 Å². The highest BCUT2D eigenvalue weighted by molar-refractivity contribution is 5.59. The second kappa shape index (κ2) is 8.15. The standard InChI is InChI=1S/C17H28N2O/c1-3-5-12-20-17-9-7-6-8-16(17)19-11-10-15(14-19)13-18-4-2/h6-9,15,18H,3-5,10-14H2,1-2H3. The molecule has 0 radical (unpaired) electrons. The number of unbranched alkanes of at least 4 members (excludes halogenated alkanes) is 1. The fraction of sp³-hybridized carbons (Fsp3) is 0.647. The maximum Gasteiger partial charge on any atom is 0.142 e. The summed E-state index contributed by atoms with van der Waals surface area (Å²) in [5.74, 6) is 1.81. The zero-order valence-corrected chi connectivity index (χ0v) is 12.9. The maximum absolute atomic E-state index is 5.95. The first-order valence-electron chi connectivity index (χ1n) is 8.02. The number of hydrogen-bond donors (Lipinski definition) is 1. The molecule has 0 saturated carbocycles. The third kappa shape index (κ3) is 4.14. The molecule has 1 fully saturated rings. The van der Waals surface area contributed by atoms with Gasteiger partial charge >= 0.3 is 0 Å². The van der Waals surface area contributed by atoms with Gasteiger partial charge in [-0.25, -0.2) is 0 Å². The SMILES string of the molecule is CCCCOc1ccccc1N1CCC(CNCC)C1. The second-order valence-corrected chi connectivity index (χ2v) is 5.58. The zero-order chi connectivity index (χ0) is 14.2. The van der Waals surface area contributed by atoms with Crippen LogP contribution in [0.1, 0.15) is 33.1 Å². The molecule has 3 heteroatoms. The highest BCUT2D eigenvalue weighted by atomic mass is 16.5. The van der Waals surface area contributed by atoms with Gasteiger partial charge < -0.3 is 15.0 Å². The highest BCUT2D eigenvalue weighted by Gasteiger charge is 2.24. The summed E-state index contributed by atoms with van der Waals surface area (Å²) in [7, 11) is 0. The minimum Gasteiger partial charge on any atom is -0.491 e. The van der Waals surface area contributed by atoms with Gasteiger partial charge in [0.2, 0.25) is 0 Å². The molecule has 1 N–H and O–H groups in total. The third-order valence-corrected chi connectivity index (χ3v) is 3.93. The Hall–Kier alpha value is -1.22. The van der Waals surface area contributed by atoms with Crippen LogP contribution in [0.5, 0.6) is 5.75 Å². The summed E-state index contributed by atoms with van der Waals surface area (Å²) in [6, 6.07) is 8.47. The van der Waals surface area contributed by atoms with Crippen molar-refractivity contribution >= 4 is 5.69 Å². The van der Waals surface area contributed by atoms with Crippen LogP contribution >= 0.6 is 0 Å². The molecule has 1 aromatic carbocycles. The summed E-state index contributed by atoms with van der Waals surface area (Å²) in [5, 5.41) is 3.46. The zero-order valence-electron chi connectivity index (χ0n) is 12.9. The Labute approximate surface area is 123 Å². The van der Waals surface area contributed by atoms with Crippen LogP contribution in [0.4, 0.5) is 5.69 Å². The molecular formula is C17H28N2O. The van der Waals surface area contributed by atoms with Crippen molar-refractivity contribution in [3.05, 3.63) is 24.3 Å². The number of rotatable bonds is 8. The van der Waals surface area contributed by atoms with E-state index in [0.29, 0.717) is 0 Å². The van der Waals surface area contributed by atoms with E-state index in [-0.39, 0.29) is 0 Å². The van der Waals surface area contributed by atoms with E-state index in [2.05, 4.69) is 48.3 Å². The van der Waals surface area contributed by atoms with Crippen LogP contribution in [0.2, 0.25) is 0 Å². The van der Waals surface area contributed by atoms with E-state index < -0.39 is 0 Å². The van der Waals surface area contributed by atoms with Gasteiger partial charge in [-0.3, -0.25) is 0 Å². The molecule has 20 heavy (non-hydrogen) atoms. The Kier molecular flexibility index (Phi) is 6.19. The molecule has 0 aromatic heterocycles. The van der Waals surface area contributed by atoms with Crippen LogP contribution in [0, 0.1) is 5.92 Å². The Bertz CT molecular complexity index is 394. The molecule has 1 atom stereocenters. The average molecular weight is 276 g/mol. The molecular weight excluding hydrogens is 248 g/mol. The topological polar surface area (TPSA) is 24.5 Å². The van der Waals surface area contributed by atoms with Crippen LogP contribution in [0.25, 0.3) is 0 Å². The van der Waals surface area contributed by atoms with Crippen LogP contribution in [0.15, 0.2) is 24.3 Å². The van der Waals surface area contributed by atoms with Gasteiger partial charge in [0.1, 0.15) is 5.75 Å². The van der Waals surface area contributed by atoms with Gasteiger partial charge in [0.15, 0.2) is 0 Å². The lowest BCUT2D eigenvalue weighted by molar-refractivity contribution is 0.310. The largest absolute Gasteiger partial charge is 0.491 e. The molecule has 0 bridgehead atoms. The monoisotopic (exact) mass is 276 g/mol. The van der Waals surface area contributed by atoms with Gasteiger partial charge in [0.05, 0.1) is 12.3 Å². The molecule has 1 aliphatic heterocycles. The summed E-state index contributed by atoms with van der Waals surface area (Å²) in [6.07, 6.45) is 3.57. The number of nitrogens with one attached hydrogen (secondary N) is 1. The molecule has 1 saturated heterocycles. The van der Waals surface area contributed by atoms with E-state index in [4.69, 9.17) is 4.74 Å². The van der Waals surface area contributed by atoms with Crippen molar-refractivity contribution < 1.29 is 4.74 Å². The molecule has 1 aromatic rings. The summed E-state index contributed by atoms with van der Waals surface area (Å²) in [6.45, 7) is 9.66. The molecule has 1 heterocycles. The normalized spacial score (nSPS) is 18.5. The lowest BCUT2D eigenvalue weighted by atomic mass is 10.1. The predicted molar refractivity (Wildman–Crippen MR) is 85.7 cm³/mol. The minimum absolute atomic E-state index is 0.763. The Morgan fingerprint density at radius 1 is 1.30 bits per heavy atom. The van der Waals surface area contributed by atoms with Gasteiger partial charge in [-0.1, -0.05) is 32.4 Å². The first-order chi connectivity index (χ1) is 9.85. The van der Waals surface area contributed by atoms with Crippen molar-refractivity contribution in [2.45, 2.75) is 33.1 Å². The van der Waals surface area contributed by atoms with Gasteiger partial charge in [0.25, 0.3) is 0 Å². The van der Waals surface area contributed by atoms with E-state index in [1.54, 1.807) is 0 Å². The van der Waals surface area contributed by atoms with Crippen LogP contribution < -0.4 is 15.0 Å². The van der Waals surface area contributed by atoms with E-state index in [1.165, 1.54) is 18.5 Å². The lowest BCUT2D eigenvalue weighted by Crippen LogP contribution is -2.26. The first kappa shape index (κ1) is 15.2. The Morgan fingerprint density at radius 3 is 2.95 bits per heavy atom. The van der Waals surface area contributed by atoms with Gasteiger partial charge in [-0.05, 0) is 44.0 Å². The molecule has 0 aliphatic carbocycles. The van der Waals surface area contributed by atoms with E-state index >= 15 is 0 Å². The van der Waals surface area contributed by atoms with Crippen LogP contribution in [-0.2, 0) is 0 Å². The summed E-state index contributed by atoms with van der Waals surface area (Å²) >= 11 is 0. The third-order valence-electron chi connectivity index (χ3n) is 3.93. The van der Waals surface area contributed by atoms with Gasteiger partial charge in [-0.2, -0.15) is 0 Å². The van der Waals surface area contributed by atoms with E-state index in [1.807, 2.05) is 0 Å². The van der Waals surface area contributed by atoms with E-state index in [9.17, 15) is 0 Å². The number of nitrogens with zero attached hydrogens (tertiary/aromatic N) is 1. The summed E-state index contributed by atoms with van der Waals surface area (Å²) in [5.41, 5.74) is 1.27. The van der Waals surface area contributed by atoms with Crippen LogP contribution in [0.3, 0.4) is 0 Å². The number of anilines is 1. The quantitative estimate of drug-likeness (QED) is 0.737. The Balaban J connectivity index is 1.94. The fourth-order valence-electron chi connectivity index (χ4n) is 2.73. The second-order valence-electron chi connectivity index (χ2n) is 5.58. The molecule has 1 unspecified atom stereocenters. The summed E-state index contributed by atoms with van der Waals surface area (Å²) in [4.78, 5) is 2.48. The molecule has 0 amide bonds. The molecule has 3 nitrogen and oxygen atoms in total. The maximum atomic E-state index is 5.95. The Morgan fingerprint density at radius 2 is 2.15 bits per heavy atom. The molecule has 1 aliphatic rings. The average Bonchev–Trinajstić information content (AvgIpc) is 2.94. The summed E-state index contributed by atoms with van der Waals surface area (Å²) < 4.78 is 5.95. The van der Waals surface area contributed by atoms with Crippen LogP contribution in [-0.4, -0.2) is 32.8 Å². The lowest BCUT2D eigenvalue weighted by Gasteiger charge is -2.22. The van der Waals surface area contributed by atoms with Gasteiger partial charge in [-0.15, -0.1) is 0 Å². The number of benzene rings is 1. The first-order valence-corrected chi connectivity index (χ1v) is 8.02. The smallest absolute Gasteiger partial charge is 0.142 e. The van der Waals surface area contributed by atoms with Crippen molar-refractivity contribution in [1.82, 2.24) is 5.32 Å². The van der Waals surface area contributed by atoms with Crippen molar-refractivity contribution in [2.24, 2.45) is 5.92 Å². The predicted octanol–water partition coefficient (Wildman–Crippen LogP) is 3.30. The fourth-order valence-corrected chi connectivity index (χ4v) is 2.73. The number of hydrogen-bond acceptors (Lipinski definition) is 3. The number of para-hydroxylation sites is 2. The molecule has 112 valence electrons. The van der Waals surface area contributed by atoms with Crippen molar-refractivity contribution in [3.8, 4) is 5.75 Å². The van der Waals surface area contributed by atoms with Crippen molar-refractivity contribution in [3.63, 3.8) is 0 Å². The molecule has 0 spiro atoms. The van der Waals surface area contributed by atoms with Crippen molar-refractivity contribution in [2.75, 3.05) is 37.7 Å².